The van der Waals surface area contributed by atoms with Crippen LogP contribution in [0.5, 0.6) is 5.75 Å². The van der Waals surface area contributed by atoms with Gasteiger partial charge in [-0.05, 0) is 36.8 Å². The van der Waals surface area contributed by atoms with Crippen molar-refractivity contribution < 1.29 is 4.74 Å². The smallest absolute Gasteiger partial charge is 0.266 e. The summed E-state index contributed by atoms with van der Waals surface area (Å²) >= 11 is 0. The molecule has 2 aromatic carbocycles. The molecule has 0 aliphatic carbocycles. The van der Waals surface area contributed by atoms with Gasteiger partial charge in [0.2, 0.25) is 0 Å². The normalized spacial score (nSPS) is 12.1. The molecule has 0 aliphatic rings. The molecule has 4 rings (SSSR count). The number of hydrogen-bond acceptors (Lipinski definition) is 5. The maximum Gasteiger partial charge on any atom is 0.266 e. The highest BCUT2D eigenvalue weighted by Crippen LogP contribution is 2.28. The first-order valence-electron chi connectivity index (χ1n) is 8.96. The Labute approximate surface area is 162 Å². The van der Waals surface area contributed by atoms with Crippen LogP contribution >= 0.6 is 0 Å². The van der Waals surface area contributed by atoms with Gasteiger partial charge in [-0.25, -0.2) is 4.98 Å². The van der Waals surface area contributed by atoms with Crippen LogP contribution in [0.4, 0.5) is 0 Å². The molecule has 1 atom stereocenters. The second-order valence-electron chi connectivity index (χ2n) is 6.55. The molecule has 140 valence electrons. The van der Waals surface area contributed by atoms with Crippen LogP contribution in [0.15, 0.2) is 71.8 Å². The molecular formula is C22H20N4O2. The molecule has 0 fully saturated rings. The van der Waals surface area contributed by atoms with Crippen molar-refractivity contribution >= 4 is 10.9 Å². The fourth-order valence-electron chi connectivity index (χ4n) is 3.30. The average Bonchev–Trinajstić information content (AvgIpc) is 2.73. The van der Waals surface area contributed by atoms with Gasteiger partial charge in [-0.15, -0.1) is 0 Å². The van der Waals surface area contributed by atoms with E-state index in [1.807, 2.05) is 61.5 Å². The van der Waals surface area contributed by atoms with Crippen molar-refractivity contribution in [1.29, 1.82) is 0 Å². The molecule has 0 bridgehead atoms. The van der Waals surface area contributed by atoms with Crippen LogP contribution in [0.2, 0.25) is 0 Å². The van der Waals surface area contributed by atoms with Crippen LogP contribution in [0.1, 0.15) is 18.8 Å². The highest BCUT2D eigenvalue weighted by molar-refractivity contribution is 5.94. The lowest BCUT2D eigenvalue weighted by Crippen LogP contribution is -2.27. The van der Waals surface area contributed by atoms with E-state index in [1.165, 1.54) is 0 Å². The molecule has 0 amide bonds. The standard InChI is InChI=1S/C22H20N4O2/c1-14(23)21-25-19-10-6-9-18(15-11-17(28-2)13-24-12-15)20(19)22(27)26(21)16-7-4-3-5-8-16/h3-14H,23H2,1-2H3/t14-/m0/s1. The zero-order valence-electron chi connectivity index (χ0n) is 15.7. The fourth-order valence-corrected chi connectivity index (χ4v) is 3.30. The van der Waals surface area contributed by atoms with E-state index in [4.69, 9.17) is 15.5 Å². The Balaban J connectivity index is 2.09. The molecule has 2 aromatic heterocycles. The Kier molecular flexibility index (Phi) is 4.63. The van der Waals surface area contributed by atoms with Crippen molar-refractivity contribution in [2.24, 2.45) is 5.73 Å². The van der Waals surface area contributed by atoms with Crippen molar-refractivity contribution in [3.05, 3.63) is 83.2 Å². The Bertz CT molecular complexity index is 1200. The summed E-state index contributed by atoms with van der Waals surface area (Å²) in [5.41, 5.74) is 8.86. The molecule has 0 radical (unpaired) electrons. The molecule has 0 spiro atoms. The van der Waals surface area contributed by atoms with E-state index in [2.05, 4.69) is 4.98 Å². The summed E-state index contributed by atoms with van der Waals surface area (Å²) in [7, 11) is 1.59. The fraction of sp³-hybridized carbons (Fsp3) is 0.136. The molecule has 0 aliphatic heterocycles. The summed E-state index contributed by atoms with van der Waals surface area (Å²) in [4.78, 5) is 22.6. The maximum absolute atomic E-state index is 13.6. The minimum absolute atomic E-state index is 0.165. The number of ether oxygens (including phenoxy) is 1. The van der Waals surface area contributed by atoms with Gasteiger partial charge in [0.1, 0.15) is 11.6 Å². The Hall–Kier alpha value is -3.51. The Morgan fingerprint density at radius 2 is 1.86 bits per heavy atom. The third-order valence-corrected chi connectivity index (χ3v) is 4.61. The first-order chi connectivity index (χ1) is 13.6. The van der Waals surface area contributed by atoms with Gasteiger partial charge in [0.05, 0.1) is 35.9 Å². The van der Waals surface area contributed by atoms with E-state index in [9.17, 15) is 4.79 Å². The van der Waals surface area contributed by atoms with E-state index in [0.717, 1.165) is 16.8 Å². The molecule has 28 heavy (non-hydrogen) atoms. The van der Waals surface area contributed by atoms with Crippen LogP contribution in [-0.4, -0.2) is 21.6 Å². The van der Waals surface area contributed by atoms with Crippen LogP contribution in [0.3, 0.4) is 0 Å². The van der Waals surface area contributed by atoms with Gasteiger partial charge in [-0.3, -0.25) is 14.3 Å². The lowest BCUT2D eigenvalue weighted by molar-refractivity contribution is 0.413. The topological polar surface area (TPSA) is 83.0 Å². The van der Waals surface area contributed by atoms with Crippen LogP contribution in [0.25, 0.3) is 27.7 Å². The van der Waals surface area contributed by atoms with Gasteiger partial charge >= 0.3 is 0 Å². The zero-order valence-corrected chi connectivity index (χ0v) is 15.7. The summed E-state index contributed by atoms with van der Waals surface area (Å²) in [6, 6.07) is 16.5. The summed E-state index contributed by atoms with van der Waals surface area (Å²) in [5.74, 6) is 1.14. The second-order valence-corrected chi connectivity index (χ2v) is 6.55. The lowest BCUT2D eigenvalue weighted by atomic mass is 10.0. The monoisotopic (exact) mass is 372 g/mol. The summed E-state index contributed by atoms with van der Waals surface area (Å²) in [5, 5.41) is 0.519. The number of nitrogens with two attached hydrogens (primary N) is 1. The second kappa shape index (κ2) is 7.25. The number of para-hydroxylation sites is 1. The number of rotatable bonds is 4. The van der Waals surface area contributed by atoms with Gasteiger partial charge in [0.15, 0.2) is 0 Å². The molecular weight excluding hydrogens is 352 g/mol. The van der Waals surface area contributed by atoms with Crippen molar-refractivity contribution in [3.8, 4) is 22.6 Å². The third-order valence-electron chi connectivity index (χ3n) is 4.61. The molecule has 0 saturated heterocycles. The highest BCUT2D eigenvalue weighted by atomic mass is 16.5. The zero-order chi connectivity index (χ0) is 19.7. The van der Waals surface area contributed by atoms with E-state index in [-0.39, 0.29) is 5.56 Å². The van der Waals surface area contributed by atoms with Gasteiger partial charge in [0.25, 0.3) is 5.56 Å². The largest absolute Gasteiger partial charge is 0.495 e. The summed E-state index contributed by atoms with van der Waals surface area (Å²) < 4.78 is 6.87. The number of hydrogen-bond donors (Lipinski definition) is 1. The predicted molar refractivity (Wildman–Crippen MR) is 110 cm³/mol. The van der Waals surface area contributed by atoms with Crippen LogP contribution in [-0.2, 0) is 0 Å². The van der Waals surface area contributed by atoms with E-state index < -0.39 is 6.04 Å². The van der Waals surface area contributed by atoms with Crippen molar-refractivity contribution in [3.63, 3.8) is 0 Å². The average molecular weight is 372 g/mol. The van der Waals surface area contributed by atoms with Gasteiger partial charge < -0.3 is 10.5 Å². The highest BCUT2D eigenvalue weighted by Gasteiger charge is 2.18. The van der Waals surface area contributed by atoms with E-state index in [0.29, 0.717) is 22.5 Å². The van der Waals surface area contributed by atoms with Gasteiger partial charge in [-0.1, -0.05) is 30.3 Å². The van der Waals surface area contributed by atoms with Crippen molar-refractivity contribution in [1.82, 2.24) is 14.5 Å². The van der Waals surface area contributed by atoms with Gasteiger partial charge in [-0.2, -0.15) is 0 Å². The first-order valence-corrected chi connectivity index (χ1v) is 8.96. The number of aromatic nitrogens is 3. The van der Waals surface area contributed by atoms with E-state index >= 15 is 0 Å². The number of pyridine rings is 1. The molecule has 2 N–H and O–H groups in total. The molecule has 6 heteroatoms. The quantitative estimate of drug-likeness (QED) is 0.593. The molecule has 6 nitrogen and oxygen atoms in total. The summed E-state index contributed by atoms with van der Waals surface area (Å²) in [6.45, 7) is 1.82. The SMILES string of the molecule is COc1cncc(-c2cccc3nc([C@H](C)N)n(-c4ccccc4)c(=O)c23)c1. The molecule has 4 aromatic rings. The van der Waals surface area contributed by atoms with Crippen molar-refractivity contribution in [2.75, 3.05) is 7.11 Å². The maximum atomic E-state index is 13.6. The first kappa shape index (κ1) is 17.9. The number of methoxy groups -OCH3 is 1. The van der Waals surface area contributed by atoms with E-state index in [1.54, 1.807) is 24.1 Å². The van der Waals surface area contributed by atoms with Crippen LogP contribution < -0.4 is 16.0 Å². The van der Waals surface area contributed by atoms with Crippen molar-refractivity contribution in [2.45, 2.75) is 13.0 Å². The summed E-state index contributed by atoms with van der Waals surface area (Å²) in [6.07, 6.45) is 3.34. The molecule has 0 unspecified atom stereocenters. The minimum atomic E-state index is -0.403. The number of fused-ring (bicyclic) bond motifs is 1. The van der Waals surface area contributed by atoms with Gasteiger partial charge in [0, 0.05) is 11.8 Å². The third kappa shape index (κ3) is 3.04. The molecule has 0 saturated carbocycles. The number of nitrogens with zero attached hydrogens (tertiary/aromatic N) is 3. The lowest BCUT2D eigenvalue weighted by Gasteiger charge is -2.17. The number of benzene rings is 2. The molecule has 2 heterocycles. The Morgan fingerprint density at radius 1 is 1.07 bits per heavy atom. The predicted octanol–water partition coefficient (Wildman–Crippen LogP) is 3.48. The minimum Gasteiger partial charge on any atom is -0.495 e. The Morgan fingerprint density at radius 3 is 2.57 bits per heavy atom. The van der Waals surface area contributed by atoms with Crippen LogP contribution in [0, 0.1) is 0 Å².